The van der Waals surface area contributed by atoms with Gasteiger partial charge in [-0.25, -0.2) is 9.59 Å². The van der Waals surface area contributed by atoms with Crippen LogP contribution in [0.5, 0.6) is 0 Å². The van der Waals surface area contributed by atoms with Gasteiger partial charge in [-0.05, 0) is 12.1 Å². The molecule has 0 atom stereocenters. The van der Waals surface area contributed by atoms with Crippen LogP contribution in [0, 0.1) is 0 Å². The highest BCUT2D eigenvalue weighted by Crippen LogP contribution is 2.11. The van der Waals surface area contributed by atoms with Crippen molar-refractivity contribution in [3.05, 3.63) is 34.9 Å². The highest BCUT2D eigenvalue weighted by molar-refractivity contribution is 6.02. The van der Waals surface area contributed by atoms with E-state index in [4.69, 9.17) is 10.2 Å². The molecule has 5 nitrogen and oxygen atoms in total. The molecule has 0 aromatic heterocycles. The number of benzene rings is 1. The summed E-state index contributed by atoms with van der Waals surface area (Å²) >= 11 is 0. The lowest BCUT2D eigenvalue weighted by atomic mass is 10.0. The largest absolute Gasteiger partial charge is 0.478 e. The third kappa shape index (κ3) is 1.77. The lowest BCUT2D eigenvalue weighted by Crippen LogP contribution is -2.08. The van der Waals surface area contributed by atoms with Gasteiger partial charge < -0.3 is 10.2 Å². The van der Waals surface area contributed by atoms with E-state index in [2.05, 4.69) is 0 Å². The van der Waals surface area contributed by atoms with Crippen molar-refractivity contribution in [3.8, 4) is 0 Å². The van der Waals surface area contributed by atoms with E-state index >= 15 is 0 Å². The first-order chi connectivity index (χ1) is 6.56. The summed E-state index contributed by atoms with van der Waals surface area (Å²) in [6, 6.07) is 3.23. The van der Waals surface area contributed by atoms with Gasteiger partial charge in [-0.15, -0.1) is 0 Å². The van der Waals surface area contributed by atoms with E-state index in [-0.39, 0.29) is 11.1 Å². The van der Waals surface area contributed by atoms with Crippen LogP contribution in [-0.2, 0) is 4.79 Å². The van der Waals surface area contributed by atoms with Gasteiger partial charge in [0.1, 0.15) is 0 Å². The Kier molecular flexibility index (Phi) is 2.62. The molecule has 0 spiro atoms. The van der Waals surface area contributed by atoms with Crippen LogP contribution in [0.2, 0.25) is 0 Å². The van der Waals surface area contributed by atoms with Crippen LogP contribution in [0.4, 0.5) is 0 Å². The van der Waals surface area contributed by atoms with E-state index in [1.165, 1.54) is 12.4 Å². The molecule has 1 aromatic rings. The predicted molar refractivity (Wildman–Crippen MR) is 45.2 cm³/mol. The number of hydrogen-bond acceptors (Lipinski definition) is 3. The van der Waals surface area contributed by atoms with E-state index < -0.39 is 17.5 Å². The number of carboxylic acid groups (broad SMARTS) is 2. The third-order valence-corrected chi connectivity index (χ3v) is 1.60. The van der Waals surface area contributed by atoms with Crippen LogP contribution in [0.15, 0.2) is 18.2 Å². The van der Waals surface area contributed by atoms with E-state index in [1.54, 1.807) is 0 Å². The fourth-order valence-corrected chi connectivity index (χ4v) is 0.971. The zero-order valence-corrected chi connectivity index (χ0v) is 6.85. The average Bonchev–Trinajstić information content (AvgIpc) is 2.16. The Hall–Kier alpha value is -2.17. The topological polar surface area (TPSA) is 91.7 Å². The highest BCUT2D eigenvalue weighted by atomic mass is 16.4. The van der Waals surface area contributed by atoms with Gasteiger partial charge in [0.2, 0.25) is 6.29 Å². The molecule has 0 unspecified atom stereocenters. The Labute approximate surface area is 78.6 Å². The maximum Gasteiger partial charge on any atom is 0.336 e. The summed E-state index contributed by atoms with van der Waals surface area (Å²) in [6.07, 6.45) is 1.48. The van der Waals surface area contributed by atoms with Gasteiger partial charge in [0.05, 0.1) is 11.1 Å². The summed E-state index contributed by atoms with van der Waals surface area (Å²) in [5.74, 6) is -2.74. The molecular formula is C9H5O5. The van der Waals surface area contributed by atoms with Crippen molar-refractivity contribution in [1.82, 2.24) is 0 Å². The van der Waals surface area contributed by atoms with Gasteiger partial charge >= 0.3 is 11.9 Å². The maximum atomic E-state index is 10.6. The van der Waals surface area contributed by atoms with Crippen molar-refractivity contribution in [2.45, 2.75) is 0 Å². The minimum absolute atomic E-state index is 0.00685. The lowest BCUT2D eigenvalue weighted by molar-refractivity contribution is 0.0651. The van der Waals surface area contributed by atoms with Gasteiger partial charge in [-0.3, -0.25) is 4.79 Å². The number of hydrogen-bond donors (Lipinski definition) is 2. The first-order valence-electron chi connectivity index (χ1n) is 3.55. The Morgan fingerprint density at radius 2 is 1.64 bits per heavy atom. The molecule has 14 heavy (non-hydrogen) atoms. The molecule has 0 aliphatic carbocycles. The summed E-state index contributed by atoms with van der Waals surface area (Å²) in [4.78, 5) is 31.4. The molecule has 0 aliphatic rings. The molecule has 1 radical (unpaired) electrons. The van der Waals surface area contributed by atoms with Gasteiger partial charge in [0.15, 0.2) is 0 Å². The maximum absolute atomic E-state index is 10.6. The van der Waals surface area contributed by atoms with E-state index in [0.29, 0.717) is 0 Å². The van der Waals surface area contributed by atoms with E-state index in [1.807, 2.05) is 0 Å². The van der Waals surface area contributed by atoms with E-state index in [9.17, 15) is 14.4 Å². The summed E-state index contributed by atoms with van der Waals surface area (Å²) in [7, 11) is 0. The van der Waals surface area contributed by atoms with Gasteiger partial charge in [0, 0.05) is 5.56 Å². The van der Waals surface area contributed by atoms with Crippen LogP contribution in [0.1, 0.15) is 26.3 Å². The molecule has 0 amide bonds. The van der Waals surface area contributed by atoms with Crippen molar-refractivity contribution in [1.29, 1.82) is 0 Å². The second-order valence-electron chi connectivity index (χ2n) is 2.47. The molecule has 1 rings (SSSR count). The van der Waals surface area contributed by atoms with Crippen LogP contribution >= 0.6 is 0 Å². The van der Waals surface area contributed by atoms with Crippen molar-refractivity contribution in [2.24, 2.45) is 0 Å². The molecular weight excluding hydrogens is 188 g/mol. The van der Waals surface area contributed by atoms with Crippen molar-refractivity contribution in [3.63, 3.8) is 0 Å². The molecule has 0 saturated carbocycles. The molecule has 0 aliphatic heterocycles. The SMILES string of the molecule is O=[C]c1ccc(C(=O)O)c(C(=O)O)c1. The molecule has 0 bridgehead atoms. The summed E-state index contributed by atoms with van der Waals surface area (Å²) in [6.45, 7) is 0. The number of aromatic carboxylic acids is 2. The summed E-state index contributed by atoms with van der Waals surface area (Å²) < 4.78 is 0. The second kappa shape index (κ2) is 3.69. The van der Waals surface area contributed by atoms with Crippen LogP contribution in [0.3, 0.4) is 0 Å². The Balaban J connectivity index is 3.38. The monoisotopic (exact) mass is 193 g/mol. The molecule has 1 aromatic carbocycles. The molecule has 5 heteroatoms. The smallest absolute Gasteiger partial charge is 0.336 e. The Bertz CT molecular complexity index is 408. The number of carboxylic acids is 2. The van der Waals surface area contributed by atoms with Gasteiger partial charge in [-0.1, -0.05) is 6.07 Å². The Morgan fingerprint density at radius 1 is 1.07 bits per heavy atom. The van der Waals surface area contributed by atoms with Gasteiger partial charge in [0.25, 0.3) is 0 Å². The second-order valence-corrected chi connectivity index (χ2v) is 2.47. The lowest BCUT2D eigenvalue weighted by Gasteiger charge is -2.00. The first kappa shape index (κ1) is 9.91. The standard InChI is InChI=1S/C9H5O5/c10-4-5-1-2-6(8(11)12)7(3-5)9(13)14/h1-3H,(H,11,12)(H,13,14). The van der Waals surface area contributed by atoms with Crippen molar-refractivity contribution >= 4 is 18.2 Å². The quantitative estimate of drug-likeness (QED) is 0.730. The number of carbonyl (C=O) groups excluding carboxylic acids is 1. The normalized spacial score (nSPS) is 9.43. The zero-order chi connectivity index (χ0) is 10.7. The van der Waals surface area contributed by atoms with Crippen LogP contribution < -0.4 is 0 Å². The molecule has 2 N–H and O–H groups in total. The third-order valence-electron chi connectivity index (χ3n) is 1.60. The fourth-order valence-electron chi connectivity index (χ4n) is 0.971. The highest BCUT2D eigenvalue weighted by Gasteiger charge is 2.15. The fraction of sp³-hybridized carbons (Fsp3) is 0. The zero-order valence-electron chi connectivity index (χ0n) is 6.85. The van der Waals surface area contributed by atoms with Crippen molar-refractivity contribution in [2.75, 3.05) is 0 Å². The number of rotatable bonds is 3. The molecule has 0 saturated heterocycles. The molecule has 0 fully saturated rings. The Morgan fingerprint density at radius 3 is 2.07 bits per heavy atom. The minimum atomic E-state index is -1.39. The minimum Gasteiger partial charge on any atom is -0.478 e. The average molecular weight is 193 g/mol. The number of carbonyl (C=O) groups is 2. The van der Waals surface area contributed by atoms with Crippen LogP contribution in [-0.4, -0.2) is 28.4 Å². The molecule has 0 heterocycles. The molecule has 71 valence electrons. The predicted octanol–water partition coefficient (Wildman–Crippen LogP) is 0.541. The van der Waals surface area contributed by atoms with Gasteiger partial charge in [-0.2, -0.15) is 0 Å². The van der Waals surface area contributed by atoms with Crippen molar-refractivity contribution < 1.29 is 24.6 Å². The first-order valence-corrected chi connectivity index (χ1v) is 3.55. The summed E-state index contributed by atoms with van der Waals surface area (Å²) in [5.41, 5.74) is -0.762. The summed E-state index contributed by atoms with van der Waals surface area (Å²) in [5, 5.41) is 17.3. The van der Waals surface area contributed by atoms with Crippen LogP contribution in [0.25, 0.3) is 0 Å². The van der Waals surface area contributed by atoms with E-state index in [0.717, 1.165) is 12.1 Å².